The lowest BCUT2D eigenvalue weighted by Gasteiger charge is -2.37. The van der Waals surface area contributed by atoms with E-state index in [2.05, 4.69) is 10.3 Å². The molecule has 8 nitrogen and oxygen atoms in total. The molecule has 0 spiro atoms. The van der Waals surface area contributed by atoms with Crippen LogP contribution in [0.5, 0.6) is 5.88 Å². The topological polar surface area (TPSA) is 86.5 Å². The van der Waals surface area contributed by atoms with Crippen LogP contribution >= 0.6 is 0 Å². The standard InChI is InChI=1S/C18H22N4O4/c1-18(16(23)26-15-11-21(2)20-19-15)9-6-10-22(13-18)17(24)25-12-14-7-4-3-5-8-14/h3-5,7-8,11H,6,9-10,12-13H2,1-2H3. The van der Waals surface area contributed by atoms with Crippen molar-refractivity contribution >= 4 is 12.1 Å². The van der Waals surface area contributed by atoms with E-state index < -0.39 is 17.5 Å². The van der Waals surface area contributed by atoms with Crippen LogP contribution in [0, 0.1) is 5.41 Å². The highest BCUT2D eigenvalue weighted by Crippen LogP contribution is 2.31. The molecule has 0 saturated carbocycles. The number of carbonyl (C=O) groups excluding carboxylic acids is 2. The average molecular weight is 358 g/mol. The summed E-state index contributed by atoms with van der Waals surface area (Å²) in [6.07, 6.45) is 2.43. The quantitative estimate of drug-likeness (QED) is 0.779. The van der Waals surface area contributed by atoms with E-state index in [1.54, 1.807) is 18.9 Å². The number of likely N-dealkylation sites (tertiary alicyclic amines) is 1. The molecule has 0 bridgehead atoms. The fraction of sp³-hybridized carbons (Fsp3) is 0.444. The lowest BCUT2D eigenvalue weighted by molar-refractivity contribution is -0.148. The Morgan fingerprint density at radius 1 is 1.27 bits per heavy atom. The summed E-state index contributed by atoms with van der Waals surface area (Å²) in [4.78, 5) is 26.5. The van der Waals surface area contributed by atoms with Gasteiger partial charge in [-0.15, -0.1) is 0 Å². The van der Waals surface area contributed by atoms with Gasteiger partial charge in [0.2, 0.25) is 0 Å². The number of esters is 1. The first-order valence-corrected chi connectivity index (χ1v) is 8.50. The maximum Gasteiger partial charge on any atom is 0.410 e. The van der Waals surface area contributed by atoms with E-state index in [-0.39, 0.29) is 19.0 Å². The molecule has 1 saturated heterocycles. The van der Waals surface area contributed by atoms with Crippen molar-refractivity contribution < 1.29 is 19.1 Å². The molecule has 26 heavy (non-hydrogen) atoms. The zero-order valence-electron chi connectivity index (χ0n) is 14.9. The molecule has 138 valence electrons. The molecule has 1 fully saturated rings. The van der Waals surface area contributed by atoms with E-state index in [4.69, 9.17) is 9.47 Å². The van der Waals surface area contributed by atoms with Crippen molar-refractivity contribution in [3.05, 3.63) is 42.1 Å². The highest BCUT2D eigenvalue weighted by Gasteiger charge is 2.41. The maximum absolute atomic E-state index is 12.6. The lowest BCUT2D eigenvalue weighted by atomic mass is 9.82. The molecule has 0 aliphatic carbocycles. The largest absolute Gasteiger partial charge is 0.445 e. The second-order valence-electron chi connectivity index (χ2n) is 6.75. The van der Waals surface area contributed by atoms with Crippen molar-refractivity contribution in [1.29, 1.82) is 0 Å². The maximum atomic E-state index is 12.6. The Hall–Kier alpha value is -2.90. The highest BCUT2D eigenvalue weighted by molar-refractivity contribution is 5.80. The van der Waals surface area contributed by atoms with E-state index in [0.717, 1.165) is 5.56 Å². The van der Waals surface area contributed by atoms with Gasteiger partial charge in [-0.05, 0) is 25.3 Å². The fourth-order valence-electron chi connectivity index (χ4n) is 2.96. The van der Waals surface area contributed by atoms with E-state index in [1.807, 2.05) is 30.3 Å². The Bertz CT molecular complexity index is 777. The molecule has 3 rings (SSSR count). The van der Waals surface area contributed by atoms with Crippen LogP contribution < -0.4 is 4.74 Å². The molecule has 1 aliphatic heterocycles. The summed E-state index contributed by atoms with van der Waals surface area (Å²) in [5.41, 5.74) is 0.115. The van der Waals surface area contributed by atoms with E-state index in [1.165, 1.54) is 10.9 Å². The lowest BCUT2D eigenvalue weighted by Crippen LogP contribution is -2.49. The number of rotatable bonds is 4. The Balaban J connectivity index is 1.58. The van der Waals surface area contributed by atoms with Crippen molar-refractivity contribution in [2.45, 2.75) is 26.4 Å². The SMILES string of the molecule is Cn1cc(OC(=O)C2(C)CCCN(C(=O)OCc3ccccc3)C2)nn1. The number of ether oxygens (including phenoxy) is 2. The molecular weight excluding hydrogens is 336 g/mol. The number of amides is 1. The Morgan fingerprint density at radius 3 is 2.73 bits per heavy atom. The predicted molar refractivity (Wildman–Crippen MR) is 92.2 cm³/mol. The average Bonchev–Trinajstić information content (AvgIpc) is 3.05. The van der Waals surface area contributed by atoms with Gasteiger partial charge in [0.15, 0.2) is 0 Å². The van der Waals surface area contributed by atoms with Crippen LogP contribution in [0.25, 0.3) is 0 Å². The summed E-state index contributed by atoms with van der Waals surface area (Å²) < 4.78 is 12.2. The normalized spacial score (nSPS) is 19.8. The molecule has 0 radical (unpaired) electrons. The van der Waals surface area contributed by atoms with Crippen molar-refractivity contribution in [1.82, 2.24) is 19.9 Å². The summed E-state index contributed by atoms with van der Waals surface area (Å²) in [5, 5.41) is 7.50. The van der Waals surface area contributed by atoms with Crippen molar-refractivity contribution in [2.24, 2.45) is 12.5 Å². The zero-order valence-corrected chi connectivity index (χ0v) is 14.9. The third kappa shape index (κ3) is 4.19. The van der Waals surface area contributed by atoms with Crippen LogP contribution in [0.4, 0.5) is 4.79 Å². The fourth-order valence-corrected chi connectivity index (χ4v) is 2.96. The molecule has 1 aromatic carbocycles. The van der Waals surface area contributed by atoms with Gasteiger partial charge < -0.3 is 14.4 Å². The van der Waals surface area contributed by atoms with Gasteiger partial charge in [0, 0.05) is 20.1 Å². The molecule has 1 amide bonds. The van der Waals surface area contributed by atoms with Gasteiger partial charge in [-0.1, -0.05) is 40.6 Å². The number of hydrogen-bond donors (Lipinski definition) is 0. The summed E-state index contributed by atoms with van der Waals surface area (Å²) in [7, 11) is 1.69. The third-order valence-electron chi connectivity index (χ3n) is 4.43. The second kappa shape index (κ2) is 7.55. The van der Waals surface area contributed by atoms with Gasteiger partial charge in [-0.3, -0.25) is 9.48 Å². The van der Waals surface area contributed by atoms with Crippen LogP contribution in [-0.4, -0.2) is 45.0 Å². The number of hydrogen-bond acceptors (Lipinski definition) is 6. The molecule has 1 unspecified atom stereocenters. The minimum absolute atomic E-state index is 0.155. The molecule has 2 aromatic rings. The van der Waals surface area contributed by atoms with E-state index >= 15 is 0 Å². The zero-order chi connectivity index (χ0) is 18.6. The molecule has 8 heteroatoms. The monoisotopic (exact) mass is 358 g/mol. The van der Waals surface area contributed by atoms with Crippen LogP contribution in [0.1, 0.15) is 25.3 Å². The van der Waals surface area contributed by atoms with Gasteiger partial charge in [0.25, 0.3) is 5.88 Å². The molecule has 1 atom stereocenters. The molecule has 0 N–H and O–H groups in total. The van der Waals surface area contributed by atoms with Crippen LogP contribution in [0.2, 0.25) is 0 Å². The van der Waals surface area contributed by atoms with Crippen molar-refractivity contribution in [3.8, 4) is 5.88 Å². The number of nitrogens with zero attached hydrogens (tertiary/aromatic N) is 4. The van der Waals surface area contributed by atoms with E-state index in [9.17, 15) is 9.59 Å². The van der Waals surface area contributed by atoms with Gasteiger partial charge in [0.1, 0.15) is 6.61 Å². The van der Waals surface area contributed by atoms with E-state index in [0.29, 0.717) is 19.4 Å². The second-order valence-corrected chi connectivity index (χ2v) is 6.75. The highest BCUT2D eigenvalue weighted by atomic mass is 16.6. The smallest absolute Gasteiger partial charge is 0.410 e. The van der Waals surface area contributed by atoms with Crippen LogP contribution in [-0.2, 0) is 23.2 Å². The number of aromatic nitrogens is 3. The first kappa shape index (κ1) is 17.9. The Labute approximate surface area is 151 Å². The molecule has 2 heterocycles. The van der Waals surface area contributed by atoms with Crippen LogP contribution in [0.3, 0.4) is 0 Å². The van der Waals surface area contributed by atoms with Crippen LogP contribution in [0.15, 0.2) is 36.5 Å². The van der Waals surface area contributed by atoms with Gasteiger partial charge in [0.05, 0.1) is 11.6 Å². The minimum atomic E-state index is -0.804. The molecular formula is C18H22N4O4. The molecule has 1 aliphatic rings. The predicted octanol–water partition coefficient (Wildman–Crippen LogP) is 2.16. The number of aryl methyl sites for hydroxylation is 1. The third-order valence-corrected chi connectivity index (χ3v) is 4.43. The van der Waals surface area contributed by atoms with Crippen molar-refractivity contribution in [3.63, 3.8) is 0 Å². The Morgan fingerprint density at radius 2 is 2.04 bits per heavy atom. The number of benzene rings is 1. The minimum Gasteiger partial charge on any atom is -0.445 e. The van der Waals surface area contributed by atoms with Crippen molar-refractivity contribution in [2.75, 3.05) is 13.1 Å². The number of carbonyl (C=O) groups is 2. The van der Waals surface area contributed by atoms with Gasteiger partial charge in [-0.2, -0.15) is 0 Å². The first-order chi connectivity index (χ1) is 12.5. The van der Waals surface area contributed by atoms with Gasteiger partial charge >= 0.3 is 12.1 Å². The number of piperidine rings is 1. The van der Waals surface area contributed by atoms with Gasteiger partial charge in [-0.25, -0.2) is 4.79 Å². The summed E-state index contributed by atoms with van der Waals surface area (Å²) in [6, 6.07) is 9.48. The first-order valence-electron chi connectivity index (χ1n) is 8.50. The molecule has 1 aromatic heterocycles. The summed E-state index contributed by atoms with van der Waals surface area (Å²) >= 11 is 0. The summed E-state index contributed by atoms with van der Waals surface area (Å²) in [6.45, 7) is 2.81. The Kier molecular flexibility index (Phi) is 5.20. The summed E-state index contributed by atoms with van der Waals surface area (Å²) in [5.74, 6) is -0.263.